The van der Waals surface area contributed by atoms with Crippen LogP contribution in [0.1, 0.15) is 0 Å². The third-order valence-corrected chi connectivity index (χ3v) is 1.91. The third kappa shape index (κ3) is 4.96. The summed E-state index contributed by atoms with van der Waals surface area (Å²) in [6, 6.07) is 9.09. The number of benzene rings is 1. The second-order valence-electron chi connectivity index (χ2n) is 3.32. The normalized spacial score (nSPS) is 9.32. The number of hydrogen-bond acceptors (Lipinski definition) is 6. The number of carboxylic acid groups (broad SMARTS) is 1. The summed E-state index contributed by atoms with van der Waals surface area (Å²) >= 11 is 0. The van der Waals surface area contributed by atoms with Crippen molar-refractivity contribution in [3.05, 3.63) is 30.3 Å². The molecular weight excluding hydrogens is 252 g/mol. The monoisotopic (exact) mass is 264 g/mol. The van der Waals surface area contributed by atoms with Gasteiger partial charge in [0.05, 0.1) is 12.1 Å². The number of imide groups is 1. The number of rotatable bonds is 1. The van der Waals surface area contributed by atoms with Crippen molar-refractivity contribution in [2.24, 2.45) is 5.73 Å². The highest BCUT2D eigenvalue weighted by molar-refractivity contribution is 5.91. The van der Waals surface area contributed by atoms with Crippen molar-refractivity contribution < 1.29 is 19.8 Å². The van der Waals surface area contributed by atoms with Crippen LogP contribution in [-0.4, -0.2) is 39.0 Å². The maximum Gasteiger partial charge on any atom is 0.411 e. The molecule has 2 rings (SSSR count). The molecule has 0 atom stereocenters. The average molecular weight is 264 g/mol. The number of nitrogens with zero attached hydrogens (tertiary/aromatic N) is 2. The fourth-order valence-corrected chi connectivity index (χ4v) is 1.14. The highest BCUT2D eigenvalue weighted by Crippen LogP contribution is 2.13. The number of amides is 2. The lowest BCUT2D eigenvalue weighted by molar-refractivity contribution is -0.118. The zero-order valence-corrected chi connectivity index (χ0v) is 9.78. The summed E-state index contributed by atoms with van der Waals surface area (Å²) in [5.74, 6) is -0.735. The number of carbonyl (C=O) groups is 2. The van der Waals surface area contributed by atoms with E-state index in [1.165, 1.54) is 0 Å². The van der Waals surface area contributed by atoms with Gasteiger partial charge in [-0.15, -0.1) is 10.2 Å². The van der Waals surface area contributed by atoms with E-state index in [9.17, 15) is 9.59 Å². The van der Waals surface area contributed by atoms with Crippen molar-refractivity contribution in [3.8, 4) is 5.88 Å². The summed E-state index contributed by atoms with van der Waals surface area (Å²) in [6.45, 7) is -0.299. The van der Waals surface area contributed by atoms with Crippen LogP contribution in [0, 0.1) is 0 Å². The summed E-state index contributed by atoms with van der Waals surface area (Å²) in [7, 11) is 0. The molecule has 0 bridgehead atoms. The zero-order valence-electron chi connectivity index (χ0n) is 9.78. The zero-order chi connectivity index (χ0) is 14.3. The molecular formula is C11H12N4O4. The van der Waals surface area contributed by atoms with E-state index in [-0.39, 0.29) is 12.4 Å². The van der Waals surface area contributed by atoms with Crippen molar-refractivity contribution in [3.63, 3.8) is 0 Å². The van der Waals surface area contributed by atoms with Gasteiger partial charge in [-0.1, -0.05) is 18.2 Å². The molecule has 1 aromatic carbocycles. The van der Waals surface area contributed by atoms with Gasteiger partial charge in [-0.2, -0.15) is 0 Å². The van der Waals surface area contributed by atoms with Gasteiger partial charge in [0, 0.05) is 11.5 Å². The smallest absolute Gasteiger partial charge is 0.411 e. The van der Waals surface area contributed by atoms with E-state index in [2.05, 4.69) is 10.2 Å². The Morgan fingerprint density at radius 2 is 1.95 bits per heavy atom. The predicted molar refractivity (Wildman–Crippen MR) is 66.4 cm³/mol. The minimum Gasteiger partial charge on any atom is -0.492 e. The van der Waals surface area contributed by atoms with Crippen LogP contribution in [-0.2, 0) is 4.79 Å². The Kier molecular flexibility index (Phi) is 5.17. The number of aromatic nitrogens is 2. The number of fused-ring (bicyclic) bond motifs is 1. The van der Waals surface area contributed by atoms with E-state index in [1.54, 1.807) is 11.4 Å². The molecule has 2 amide bonds. The van der Waals surface area contributed by atoms with Crippen LogP contribution < -0.4 is 11.1 Å². The van der Waals surface area contributed by atoms with E-state index >= 15 is 0 Å². The highest BCUT2D eigenvalue weighted by atomic mass is 16.4. The predicted octanol–water partition coefficient (Wildman–Crippen LogP) is 0.0747. The van der Waals surface area contributed by atoms with E-state index in [0.717, 1.165) is 10.9 Å². The van der Waals surface area contributed by atoms with E-state index in [0.29, 0.717) is 0 Å². The van der Waals surface area contributed by atoms with Crippen LogP contribution in [0.5, 0.6) is 5.88 Å². The van der Waals surface area contributed by atoms with Crippen LogP contribution in [0.3, 0.4) is 0 Å². The maximum absolute atomic E-state index is 10.0. The second kappa shape index (κ2) is 6.87. The molecule has 8 heteroatoms. The van der Waals surface area contributed by atoms with Gasteiger partial charge in [0.2, 0.25) is 11.8 Å². The standard InChI is InChI=1S/C8H6N2O.C3H6N2O3/c11-8-5-6-3-1-2-4-7(6)9-10-8;4-1-2(6)5-3(7)8/h1-5H,(H,10,11);1,4H2,(H,5,6)(H,7,8). The van der Waals surface area contributed by atoms with Crippen LogP contribution in [0.15, 0.2) is 30.3 Å². The molecule has 0 aliphatic rings. The highest BCUT2D eigenvalue weighted by Gasteiger charge is 1.99. The number of nitrogens with two attached hydrogens (primary N) is 1. The number of nitrogens with one attached hydrogen (secondary N) is 1. The first-order valence-corrected chi connectivity index (χ1v) is 5.17. The number of carbonyl (C=O) groups excluding carboxylic acids is 1. The average Bonchev–Trinajstić information content (AvgIpc) is 2.38. The van der Waals surface area contributed by atoms with E-state index in [4.69, 9.17) is 15.9 Å². The molecule has 0 aliphatic heterocycles. The van der Waals surface area contributed by atoms with Gasteiger partial charge < -0.3 is 15.9 Å². The second-order valence-corrected chi connectivity index (χ2v) is 3.32. The minimum absolute atomic E-state index is 0.0382. The molecule has 1 aromatic heterocycles. The molecule has 0 aliphatic carbocycles. The quantitative estimate of drug-likeness (QED) is 0.571. The minimum atomic E-state index is -1.37. The molecule has 0 spiro atoms. The van der Waals surface area contributed by atoms with Crippen LogP contribution in [0.4, 0.5) is 4.79 Å². The number of hydrogen-bond donors (Lipinski definition) is 4. The molecule has 2 aromatic rings. The van der Waals surface area contributed by atoms with E-state index in [1.807, 2.05) is 24.3 Å². The van der Waals surface area contributed by atoms with Gasteiger partial charge in [-0.25, -0.2) is 4.79 Å². The van der Waals surface area contributed by atoms with Crippen LogP contribution in [0.2, 0.25) is 0 Å². The van der Waals surface area contributed by atoms with Crippen molar-refractivity contribution >= 4 is 22.9 Å². The van der Waals surface area contributed by atoms with Gasteiger partial charge in [0.25, 0.3) is 0 Å². The molecule has 19 heavy (non-hydrogen) atoms. The molecule has 8 nitrogen and oxygen atoms in total. The summed E-state index contributed by atoms with van der Waals surface area (Å²) in [5.41, 5.74) is 5.54. The van der Waals surface area contributed by atoms with Crippen molar-refractivity contribution in [1.29, 1.82) is 0 Å². The first kappa shape index (κ1) is 14.3. The van der Waals surface area contributed by atoms with Gasteiger partial charge in [-0.05, 0) is 6.07 Å². The van der Waals surface area contributed by atoms with Gasteiger partial charge in [0.1, 0.15) is 0 Å². The van der Waals surface area contributed by atoms with E-state index < -0.39 is 12.0 Å². The summed E-state index contributed by atoms with van der Waals surface area (Å²) in [6.07, 6.45) is -1.37. The Balaban J connectivity index is 0.000000203. The van der Waals surface area contributed by atoms with Crippen LogP contribution >= 0.6 is 0 Å². The third-order valence-electron chi connectivity index (χ3n) is 1.91. The largest absolute Gasteiger partial charge is 0.492 e. The molecule has 0 saturated carbocycles. The maximum atomic E-state index is 10.0. The molecule has 0 unspecified atom stereocenters. The Bertz CT molecular complexity index is 588. The lowest BCUT2D eigenvalue weighted by Crippen LogP contribution is -2.34. The molecule has 1 heterocycles. The first-order valence-electron chi connectivity index (χ1n) is 5.17. The number of aromatic hydroxyl groups is 1. The summed E-state index contributed by atoms with van der Waals surface area (Å²) in [4.78, 5) is 19.6. The summed E-state index contributed by atoms with van der Waals surface area (Å²) in [5, 5.41) is 26.5. The Labute approximate surface area is 107 Å². The van der Waals surface area contributed by atoms with Gasteiger partial charge in [-0.3, -0.25) is 10.1 Å². The van der Waals surface area contributed by atoms with Gasteiger partial charge in [0.15, 0.2) is 0 Å². The van der Waals surface area contributed by atoms with Crippen molar-refractivity contribution in [1.82, 2.24) is 15.5 Å². The summed E-state index contributed by atoms with van der Waals surface area (Å²) < 4.78 is 0. The fraction of sp³-hybridized carbons (Fsp3) is 0.0909. The lowest BCUT2D eigenvalue weighted by atomic mass is 10.2. The Hall–Kier alpha value is -2.74. The fourth-order valence-electron chi connectivity index (χ4n) is 1.14. The molecule has 0 fully saturated rings. The van der Waals surface area contributed by atoms with Crippen LogP contribution in [0.25, 0.3) is 10.9 Å². The molecule has 100 valence electrons. The SMILES string of the molecule is NCC(=O)NC(=O)O.Oc1cc2ccccc2nn1. The van der Waals surface area contributed by atoms with Crippen molar-refractivity contribution in [2.75, 3.05) is 6.54 Å². The Morgan fingerprint density at radius 3 is 2.53 bits per heavy atom. The van der Waals surface area contributed by atoms with Gasteiger partial charge >= 0.3 is 6.09 Å². The van der Waals surface area contributed by atoms with Crippen molar-refractivity contribution in [2.45, 2.75) is 0 Å². The first-order chi connectivity index (χ1) is 9.02. The lowest BCUT2D eigenvalue weighted by Gasteiger charge is -1.93. The molecule has 0 saturated heterocycles. The molecule has 0 radical (unpaired) electrons. The molecule has 5 N–H and O–H groups in total. The topological polar surface area (TPSA) is 138 Å². The Morgan fingerprint density at radius 1 is 1.26 bits per heavy atom.